The van der Waals surface area contributed by atoms with E-state index in [0.29, 0.717) is 5.56 Å². The smallest absolute Gasteiger partial charge is 0.198 e. The molecule has 0 fully saturated rings. The molecule has 1 aliphatic rings. The van der Waals surface area contributed by atoms with Gasteiger partial charge in [-0.15, -0.1) is 0 Å². The average Bonchev–Trinajstić information content (AvgIpc) is 2.46. The molecule has 2 aromatic carbocycles. The number of fused-ring (bicyclic) bond motifs is 2. The van der Waals surface area contributed by atoms with Crippen molar-refractivity contribution < 1.29 is 19.4 Å². The van der Waals surface area contributed by atoms with E-state index in [1.54, 1.807) is 24.3 Å². The molecule has 1 aliphatic carbocycles. The van der Waals surface area contributed by atoms with Crippen molar-refractivity contribution in [2.75, 3.05) is 12.8 Å². The third-order valence-electron chi connectivity index (χ3n) is 3.39. The molecule has 3 N–H and O–H groups in total. The van der Waals surface area contributed by atoms with Crippen LogP contribution in [0, 0.1) is 0 Å². The SMILES string of the molecule is COc1cc(N)c2c(c1O)C(=O)c1ccccc1C2=O. The van der Waals surface area contributed by atoms with Gasteiger partial charge in [0.1, 0.15) is 0 Å². The van der Waals surface area contributed by atoms with E-state index in [9.17, 15) is 14.7 Å². The molecule has 0 heterocycles. The van der Waals surface area contributed by atoms with Crippen LogP contribution in [0.3, 0.4) is 0 Å². The largest absolute Gasteiger partial charge is 0.504 e. The lowest BCUT2D eigenvalue weighted by atomic mass is 9.82. The first kappa shape index (κ1) is 12.2. The second-order valence-electron chi connectivity index (χ2n) is 4.47. The Balaban J connectivity index is 2.39. The van der Waals surface area contributed by atoms with Crippen LogP contribution in [0.2, 0.25) is 0 Å². The lowest BCUT2D eigenvalue weighted by Gasteiger charge is -2.21. The number of phenolic OH excluding ortho intramolecular Hbond substituents is 1. The number of ether oxygens (including phenoxy) is 1. The summed E-state index contributed by atoms with van der Waals surface area (Å²) >= 11 is 0. The van der Waals surface area contributed by atoms with Crippen molar-refractivity contribution in [3.8, 4) is 11.5 Å². The number of aromatic hydroxyl groups is 1. The predicted octanol–water partition coefficient (Wildman–Crippen LogP) is 1.76. The lowest BCUT2D eigenvalue weighted by molar-refractivity contribution is 0.0977. The summed E-state index contributed by atoms with van der Waals surface area (Å²) in [6, 6.07) is 7.80. The zero-order valence-corrected chi connectivity index (χ0v) is 10.6. The normalized spacial score (nSPS) is 12.8. The summed E-state index contributed by atoms with van der Waals surface area (Å²) in [7, 11) is 1.35. The van der Waals surface area contributed by atoms with Crippen LogP contribution in [0.5, 0.6) is 11.5 Å². The van der Waals surface area contributed by atoms with Gasteiger partial charge in [0.2, 0.25) is 0 Å². The summed E-state index contributed by atoms with van der Waals surface area (Å²) in [5.41, 5.74) is 6.44. The highest BCUT2D eigenvalue weighted by molar-refractivity contribution is 6.31. The summed E-state index contributed by atoms with van der Waals surface area (Å²) in [5.74, 6) is -1.09. The number of carbonyl (C=O) groups is 2. The number of hydrogen-bond donors (Lipinski definition) is 2. The van der Waals surface area contributed by atoms with E-state index < -0.39 is 5.78 Å². The number of nitrogens with two attached hydrogens (primary N) is 1. The number of nitrogen functional groups attached to an aromatic ring is 1. The van der Waals surface area contributed by atoms with Gasteiger partial charge in [-0.05, 0) is 0 Å². The Hall–Kier alpha value is -2.82. The molecule has 0 aliphatic heterocycles. The molecule has 0 aromatic heterocycles. The van der Waals surface area contributed by atoms with Crippen molar-refractivity contribution in [1.82, 2.24) is 0 Å². The van der Waals surface area contributed by atoms with Crippen molar-refractivity contribution in [1.29, 1.82) is 0 Å². The van der Waals surface area contributed by atoms with Crippen LogP contribution in [-0.2, 0) is 0 Å². The molecule has 0 radical (unpaired) electrons. The minimum absolute atomic E-state index is 0.0343. The molecule has 3 rings (SSSR count). The second-order valence-corrected chi connectivity index (χ2v) is 4.47. The number of ketones is 2. The second kappa shape index (κ2) is 4.09. The van der Waals surface area contributed by atoms with Crippen molar-refractivity contribution in [2.45, 2.75) is 0 Å². The van der Waals surface area contributed by atoms with Gasteiger partial charge in [-0.25, -0.2) is 0 Å². The van der Waals surface area contributed by atoms with Crippen molar-refractivity contribution >= 4 is 17.3 Å². The third kappa shape index (κ3) is 1.43. The topological polar surface area (TPSA) is 89.6 Å². The number of anilines is 1. The van der Waals surface area contributed by atoms with Crippen LogP contribution in [-0.4, -0.2) is 23.8 Å². The van der Waals surface area contributed by atoms with Crippen molar-refractivity contribution in [3.05, 3.63) is 52.6 Å². The molecule has 20 heavy (non-hydrogen) atoms. The Bertz CT molecular complexity index is 765. The van der Waals surface area contributed by atoms with Crippen LogP contribution in [0.1, 0.15) is 31.8 Å². The van der Waals surface area contributed by atoms with Gasteiger partial charge < -0.3 is 15.6 Å². The summed E-state index contributed by atoms with van der Waals surface area (Å²) in [4.78, 5) is 24.9. The molecule has 0 atom stereocenters. The summed E-state index contributed by atoms with van der Waals surface area (Å²) in [5, 5.41) is 10.1. The highest BCUT2D eigenvalue weighted by atomic mass is 16.5. The monoisotopic (exact) mass is 269 g/mol. The van der Waals surface area contributed by atoms with Crippen LogP contribution in [0.4, 0.5) is 5.69 Å². The van der Waals surface area contributed by atoms with Gasteiger partial charge in [0.15, 0.2) is 23.1 Å². The van der Waals surface area contributed by atoms with E-state index in [4.69, 9.17) is 10.5 Å². The van der Waals surface area contributed by atoms with E-state index >= 15 is 0 Å². The Morgan fingerprint density at radius 2 is 1.60 bits per heavy atom. The molecule has 0 amide bonds. The summed E-state index contributed by atoms with van der Waals surface area (Å²) in [6.07, 6.45) is 0. The van der Waals surface area contributed by atoms with Gasteiger partial charge in [-0.3, -0.25) is 9.59 Å². The highest BCUT2D eigenvalue weighted by Gasteiger charge is 2.34. The predicted molar refractivity (Wildman–Crippen MR) is 72.4 cm³/mol. The van der Waals surface area contributed by atoms with Gasteiger partial charge in [0.05, 0.1) is 18.2 Å². The van der Waals surface area contributed by atoms with Gasteiger partial charge in [0.25, 0.3) is 0 Å². The van der Waals surface area contributed by atoms with Gasteiger partial charge in [-0.1, -0.05) is 24.3 Å². The first-order valence-corrected chi connectivity index (χ1v) is 5.94. The van der Waals surface area contributed by atoms with Crippen LogP contribution >= 0.6 is 0 Å². The zero-order chi connectivity index (χ0) is 14.4. The lowest BCUT2D eigenvalue weighted by Crippen LogP contribution is -2.22. The first-order valence-electron chi connectivity index (χ1n) is 5.94. The van der Waals surface area contributed by atoms with Crippen molar-refractivity contribution in [2.24, 2.45) is 0 Å². The fourth-order valence-electron chi connectivity index (χ4n) is 2.44. The number of carbonyl (C=O) groups excluding carboxylic acids is 2. The molecule has 2 aromatic rings. The number of methoxy groups -OCH3 is 1. The van der Waals surface area contributed by atoms with Crippen LogP contribution in [0.25, 0.3) is 0 Å². The molecule has 0 spiro atoms. The minimum atomic E-state index is -0.432. The van der Waals surface area contributed by atoms with Crippen LogP contribution < -0.4 is 10.5 Å². The molecule has 0 saturated heterocycles. The number of hydrogen-bond acceptors (Lipinski definition) is 5. The maximum atomic E-state index is 12.5. The molecular weight excluding hydrogens is 258 g/mol. The Morgan fingerprint density at radius 1 is 1.05 bits per heavy atom. The summed E-state index contributed by atoms with van der Waals surface area (Å²) in [6.45, 7) is 0. The van der Waals surface area contributed by atoms with E-state index in [-0.39, 0.29) is 39.7 Å². The minimum Gasteiger partial charge on any atom is -0.504 e. The molecule has 0 saturated carbocycles. The number of phenols is 1. The molecule has 5 nitrogen and oxygen atoms in total. The van der Waals surface area contributed by atoms with Gasteiger partial charge in [0, 0.05) is 22.9 Å². The number of rotatable bonds is 1. The maximum Gasteiger partial charge on any atom is 0.198 e. The molecule has 0 unspecified atom stereocenters. The Kier molecular flexibility index (Phi) is 2.50. The first-order chi connectivity index (χ1) is 9.56. The van der Waals surface area contributed by atoms with E-state index in [0.717, 1.165) is 0 Å². The van der Waals surface area contributed by atoms with E-state index in [1.807, 2.05) is 0 Å². The van der Waals surface area contributed by atoms with E-state index in [2.05, 4.69) is 0 Å². The van der Waals surface area contributed by atoms with E-state index in [1.165, 1.54) is 13.2 Å². The molecule has 100 valence electrons. The molecule has 5 heteroatoms. The van der Waals surface area contributed by atoms with Gasteiger partial charge in [-0.2, -0.15) is 0 Å². The fourth-order valence-corrected chi connectivity index (χ4v) is 2.44. The maximum absolute atomic E-state index is 12.5. The Morgan fingerprint density at radius 3 is 2.15 bits per heavy atom. The third-order valence-corrected chi connectivity index (χ3v) is 3.39. The highest BCUT2D eigenvalue weighted by Crippen LogP contribution is 2.41. The standard InChI is InChI=1S/C15H11NO4/c1-20-10-6-9(16)11-12(15(10)19)14(18)8-5-3-2-4-7(8)13(11)17/h2-6,19H,16H2,1H3. The average molecular weight is 269 g/mol. The zero-order valence-electron chi connectivity index (χ0n) is 10.6. The molecule has 0 bridgehead atoms. The summed E-state index contributed by atoms with van der Waals surface area (Å²) < 4.78 is 4.97. The Labute approximate surface area is 114 Å². The van der Waals surface area contributed by atoms with Gasteiger partial charge >= 0.3 is 0 Å². The fraction of sp³-hybridized carbons (Fsp3) is 0.0667. The molecular formula is C15H11NO4. The quantitative estimate of drug-likeness (QED) is 0.519. The van der Waals surface area contributed by atoms with Crippen LogP contribution in [0.15, 0.2) is 30.3 Å². The number of benzene rings is 2. The van der Waals surface area contributed by atoms with Crippen molar-refractivity contribution in [3.63, 3.8) is 0 Å².